The van der Waals surface area contributed by atoms with Crippen LogP contribution in [0.5, 0.6) is 0 Å². The van der Waals surface area contributed by atoms with Gasteiger partial charge in [-0.05, 0) is 38.1 Å². The molecule has 0 fully saturated rings. The summed E-state index contributed by atoms with van der Waals surface area (Å²) in [7, 11) is 0. The van der Waals surface area contributed by atoms with E-state index in [-0.39, 0.29) is 6.03 Å². The number of nitrogens with zero attached hydrogens (tertiary/aromatic N) is 3. The van der Waals surface area contributed by atoms with Crippen LogP contribution in [0.3, 0.4) is 0 Å². The quantitative estimate of drug-likeness (QED) is 0.887. The molecule has 1 aromatic heterocycles. The zero-order valence-corrected chi connectivity index (χ0v) is 13.4. The molecule has 2 rings (SSSR count). The highest BCUT2D eigenvalue weighted by Crippen LogP contribution is 2.18. The van der Waals surface area contributed by atoms with Gasteiger partial charge in [-0.15, -0.1) is 0 Å². The predicted octanol–water partition coefficient (Wildman–Crippen LogP) is 2.98. The molecule has 2 aromatic rings. The summed E-state index contributed by atoms with van der Waals surface area (Å²) in [6, 6.07) is 7.13. The topological polar surface area (TPSA) is 71.3 Å². The van der Waals surface area contributed by atoms with E-state index in [0.717, 1.165) is 5.56 Å². The Morgan fingerprint density at radius 1 is 1.27 bits per heavy atom. The Bertz CT molecular complexity index is 608. The zero-order valence-electron chi connectivity index (χ0n) is 12.7. The van der Waals surface area contributed by atoms with Crippen molar-refractivity contribution in [3.05, 3.63) is 35.2 Å². The summed E-state index contributed by atoms with van der Waals surface area (Å²) in [5.41, 5.74) is 0.839. The highest BCUT2D eigenvalue weighted by atomic mass is 35.5. The minimum atomic E-state index is -0.0811. The number of hydrogen-bond acceptors (Lipinski definition) is 4. The van der Waals surface area contributed by atoms with Crippen LogP contribution < -0.4 is 5.32 Å². The molecule has 1 aromatic carbocycles. The molecule has 0 unspecified atom stereocenters. The third-order valence-electron chi connectivity index (χ3n) is 3.24. The first-order valence-corrected chi connectivity index (χ1v) is 7.63. The van der Waals surface area contributed by atoms with E-state index >= 15 is 0 Å². The third kappa shape index (κ3) is 4.21. The van der Waals surface area contributed by atoms with Crippen molar-refractivity contribution in [2.75, 3.05) is 19.6 Å². The smallest absolute Gasteiger partial charge is 0.317 e. The van der Waals surface area contributed by atoms with E-state index in [0.29, 0.717) is 42.8 Å². The number of carbonyl (C=O) groups is 1. The molecule has 1 N–H and O–H groups in total. The van der Waals surface area contributed by atoms with Crippen LogP contribution >= 0.6 is 11.6 Å². The number of urea groups is 1. The molecule has 0 aliphatic carbocycles. The van der Waals surface area contributed by atoms with Gasteiger partial charge in [-0.3, -0.25) is 0 Å². The van der Waals surface area contributed by atoms with Crippen LogP contribution in [0.15, 0.2) is 28.8 Å². The van der Waals surface area contributed by atoms with Crippen LogP contribution in [0.4, 0.5) is 4.79 Å². The van der Waals surface area contributed by atoms with Crippen LogP contribution in [0, 0.1) is 0 Å². The first-order valence-electron chi connectivity index (χ1n) is 7.25. The summed E-state index contributed by atoms with van der Waals surface area (Å²) in [5, 5.41) is 7.42. The van der Waals surface area contributed by atoms with Crippen molar-refractivity contribution >= 4 is 17.6 Å². The number of carbonyl (C=O) groups excluding carboxylic acids is 1. The lowest BCUT2D eigenvalue weighted by atomic mass is 10.2. The maximum atomic E-state index is 11.8. The first-order chi connectivity index (χ1) is 10.6. The van der Waals surface area contributed by atoms with Gasteiger partial charge in [0.2, 0.25) is 11.7 Å². The number of hydrogen-bond donors (Lipinski definition) is 1. The lowest BCUT2D eigenvalue weighted by molar-refractivity contribution is 0.203. The molecule has 6 nitrogen and oxygen atoms in total. The fourth-order valence-corrected chi connectivity index (χ4v) is 2.10. The van der Waals surface area contributed by atoms with E-state index < -0.39 is 0 Å². The van der Waals surface area contributed by atoms with Gasteiger partial charge in [-0.1, -0.05) is 16.8 Å². The Hall–Kier alpha value is -2.08. The Labute approximate surface area is 134 Å². The maximum absolute atomic E-state index is 11.8. The molecule has 118 valence electrons. The zero-order chi connectivity index (χ0) is 15.9. The average molecular weight is 323 g/mol. The molecule has 0 saturated carbocycles. The average Bonchev–Trinajstić information content (AvgIpc) is 2.98. The Kier molecular flexibility index (Phi) is 5.77. The lowest BCUT2D eigenvalue weighted by Gasteiger charge is -2.18. The monoisotopic (exact) mass is 322 g/mol. The van der Waals surface area contributed by atoms with E-state index in [9.17, 15) is 4.79 Å². The minimum absolute atomic E-state index is 0.0811. The van der Waals surface area contributed by atoms with Gasteiger partial charge in [0.15, 0.2) is 0 Å². The van der Waals surface area contributed by atoms with Crippen LogP contribution in [0.1, 0.15) is 19.7 Å². The highest BCUT2D eigenvalue weighted by molar-refractivity contribution is 6.30. The molecule has 0 saturated heterocycles. The Balaban J connectivity index is 1.87. The molecule has 7 heteroatoms. The molecule has 0 aliphatic rings. The highest BCUT2D eigenvalue weighted by Gasteiger charge is 2.11. The molecule has 0 aliphatic heterocycles. The van der Waals surface area contributed by atoms with Crippen molar-refractivity contribution in [1.82, 2.24) is 20.4 Å². The Morgan fingerprint density at radius 3 is 2.59 bits per heavy atom. The summed E-state index contributed by atoms with van der Waals surface area (Å²) in [5.74, 6) is 1.01. The van der Waals surface area contributed by atoms with Crippen LogP contribution in [-0.4, -0.2) is 40.7 Å². The van der Waals surface area contributed by atoms with Crippen molar-refractivity contribution in [3.63, 3.8) is 0 Å². The van der Waals surface area contributed by atoms with Crippen molar-refractivity contribution in [2.24, 2.45) is 0 Å². The maximum Gasteiger partial charge on any atom is 0.317 e. The standard InChI is InChI=1S/C15H19ClN4O2/c1-3-20(4-2)15(21)17-10-9-13-18-14(19-22-13)11-5-7-12(16)8-6-11/h5-8H,3-4,9-10H2,1-2H3,(H,17,21). The van der Waals surface area contributed by atoms with Gasteiger partial charge in [-0.2, -0.15) is 4.98 Å². The largest absolute Gasteiger partial charge is 0.339 e. The first kappa shape index (κ1) is 16.3. The minimum Gasteiger partial charge on any atom is -0.339 e. The van der Waals surface area contributed by atoms with Crippen LogP contribution in [0.25, 0.3) is 11.4 Å². The van der Waals surface area contributed by atoms with Crippen molar-refractivity contribution in [3.8, 4) is 11.4 Å². The summed E-state index contributed by atoms with van der Waals surface area (Å²) >= 11 is 5.84. The van der Waals surface area contributed by atoms with Gasteiger partial charge in [0, 0.05) is 36.6 Å². The number of halogens is 1. The second-order valence-corrected chi connectivity index (χ2v) is 5.11. The van der Waals surface area contributed by atoms with E-state index in [1.54, 1.807) is 17.0 Å². The number of benzene rings is 1. The molecule has 0 radical (unpaired) electrons. The van der Waals surface area contributed by atoms with Gasteiger partial charge in [0.25, 0.3) is 0 Å². The third-order valence-corrected chi connectivity index (χ3v) is 3.49. The fraction of sp³-hybridized carbons (Fsp3) is 0.400. The number of nitrogens with one attached hydrogen (secondary N) is 1. The normalized spacial score (nSPS) is 10.5. The van der Waals surface area contributed by atoms with Crippen LogP contribution in [-0.2, 0) is 6.42 Å². The van der Waals surface area contributed by atoms with E-state index in [1.807, 2.05) is 26.0 Å². The fourth-order valence-electron chi connectivity index (χ4n) is 1.97. The number of aromatic nitrogens is 2. The summed E-state index contributed by atoms with van der Waals surface area (Å²) in [6.07, 6.45) is 0.494. The number of amides is 2. The van der Waals surface area contributed by atoms with Gasteiger partial charge in [-0.25, -0.2) is 4.79 Å². The summed E-state index contributed by atoms with van der Waals surface area (Å²) in [6.45, 7) is 5.71. The predicted molar refractivity (Wildman–Crippen MR) is 84.8 cm³/mol. The molecule has 0 atom stereocenters. The molecule has 0 spiro atoms. The summed E-state index contributed by atoms with van der Waals surface area (Å²) in [4.78, 5) is 17.8. The SMILES string of the molecule is CCN(CC)C(=O)NCCc1nc(-c2ccc(Cl)cc2)no1. The van der Waals surface area contributed by atoms with Crippen molar-refractivity contribution < 1.29 is 9.32 Å². The van der Waals surface area contributed by atoms with Crippen molar-refractivity contribution in [1.29, 1.82) is 0 Å². The van der Waals surface area contributed by atoms with E-state index in [4.69, 9.17) is 16.1 Å². The molecular weight excluding hydrogens is 304 g/mol. The second kappa shape index (κ2) is 7.79. The van der Waals surface area contributed by atoms with Crippen LogP contribution in [0.2, 0.25) is 5.02 Å². The Morgan fingerprint density at radius 2 is 1.95 bits per heavy atom. The van der Waals surface area contributed by atoms with E-state index in [2.05, 4.69) is 15.5 Å². The lowest BCUT2D eigenvalue weighted by Crippen LogP contribution is -2.40. The summed E-state index contributed by atoms with van der Waals surface area (Å²) < 4.78 is 5.19. The van der Waals surface area contributed by atoms with E-state index in [1.165, 1.54) is 0 Å². The van der Waals surface area contributed by atoms with Gasteiger partial charge in [0.05, 0.1) is 0 Å². The van der Waals surface area contributed by atoms with Gasteiger partial charge in [0.1, 0.15) is 0 Å². The molecular formula is C15H19ClN4O2. The molecule has 22 heavy (non-hydrogen) atoms. The number of rotatable bonds is 6. The van der Waals surface area contributed by atoms with Crippen molar-refractivity contribution in [2.45, 2.75) is 20.3 Å². The molecule has 2 amide bonds. The molecule has 0 bridgehead atoms. The van der Waals surface area contributed by atoms with Gasteiger partial charge >= 0.3 is 6.03 Å². The second-order valence-electron chi connectivity index (χ2n) is 4.67. The van der Waals surface area contributed by atoms with Gasteiger partial charge < -0.3 is 14.7 Å². The molecule has 1 heterocycles.